The summed E-state index contributed by atoms with van der Waals surface area (Å²) in [5.41, 5.74) is 1.96. The van der Waals surface area contributed by atoms with Gasteiger partial charge in [0.2, 0.25) is 0 Å². The van der Waals surface area contributed by atoms with Crippen molar-refractivity contribution in [3.63, 3.8) is 0 Å². The van der Waals surface area contributed by atoms with Crippen LogP contribution in [0.5, 0.6) is 0 Å². The number of hydrogen-bond acceptors (Lipinski definition) is 4. The number of nitrogens with one attached hydrogen (secondary N) is 1. The molecule has 2 unspecified atom stereocenters. The quantitative estimate of drug-likeness (QED) is 0.868. The predicted octanol–water partition coefficient (Wildman–Crippen LogP) is 1.83. The average Bonchev–Trinajstić information content (AvgIpc) is 2.27. The van der Waals surface area contributed by atoms with E-state index in [-0.39, 0.29) is 0 Å². The average molecular weight is 235 g/mol. The largest absolute Gasteiger partial charge is 0.375 e. The molecule has 0 radical (unpaired) electrons. The van der Waals surface area contributed by atoms with Crippen molar-refractivity contribution in [3.05, 3.63) is 23.8 Å². The van der Waals surface area contributed by atoms with E-state index in [1.165, 1.54) is 0 Å². The molecule has 1 aromatic heterocycles. The van der Waals surface area contributed by atoms with Crippen molar-refractivity contribution in [1.29, 1.82) is 0 Å². The third kappa shape index (κ3) is 3.75. The van der Waals surface area contributed by atoms with Crippen LogP contribution in [0.1, 0.15) is 38.1 Å². The van der Waals surface area contributed by atoms with E-state index in [2.05, 4.69) is 29.1 Å². The maximum Gasteiger partial charge on any atom is 0.0724 e. The van der Waals surface area contributed by atoms with Crippen LogP contribution in [0.25, 0.3) is 0 Å². The van der Waals surface area contributed by atoms with Crippen LogP contribution in [-0.4, -0.2) is 28.2 Å². The molecule has 0 aliphatic carbocycles. The van der Waals surface area contributed by atoms with Crippen LogP contribution < -0.4 is 5.32 Å². The SMILES string of the molecule is Cc1cnc(CNC2CC(C)OC(C)C2)cn1. The van der Waals surface area contributed by atoms with Crippen LogP contribution in [0.2, 0.25) is 0 Å². The smallest absolute Gasteiger partial charge is 0.0724 e. The lowest BCUT2D eigenvalue weighted by atomic mass is 10.00. The Morgan fingerprint density at radius 1 is 1.24 bits per heavy atom. The van der Waals surface area contributed by atoms with E-state index >= 15 is 0 Å². The van der Waals surface area contributed by atoms with E-state index in [1.54, 1.807) is 0 Å². The Morgan fingerprint density at radius 3 is 2.53 bits per heavy atom. The third-order valence-electron chi connectivity index (χ3n) is 3.10. The molecule has 1 aliphatic heterocycles. The van der Waals surface area contributed by atoms with Crippen LogP contribution in [-0.2, 0) is 11.3 Å². The number of hydrogen-bond donors (Lipinski definition) is 1. The molecule has 94 valence electrons. The molecule has 0 saturated carbocycles. The van der Waals surface area contributed by atoms with Crippen molar-refractivity contribution in [2.75, 3.05) is 0 Å². The zero-order valence-corrected chi connectivity index (χ0v) is 10.8. The van der Waals surface area contributed by atoms with Gasteiger partial charge in [0.1, 0.15) is 0 Å². The summed E-state index contributed by atoms with van der Waals surface area (Å²) in [7, 11) is 0. The highest BCUT2D eigenvalue weighted by Gasteiger charge is 2.23. The van der Waals surface area contributed by atoms with Gasteiger partial charge in [-0.05, 0) is 33.6 Å². The Labute approximate surface area is 103 Å². The highest BCUT2D eigenvalue weighted by Crippen LogP contribution is 2.19. The summed E-state index contributed by atoms with van der Waals surface area (Å²) in [5.74, 6) is 0. The van der Waals surface area contributed by atoms with E-state index in [4.69, 9.17) is 4.74 Å². The second-order valence-electron chi connectivity index (χ2n) is 4.96. The van der Waals surface area contributed by atoms with Crippen LogP contribution >= 0.6 is 0 Å². The molecule has 0 bridgehead atoms. The fourth-order valence-electron chi connectivity index (χ4n) is 2.33. The van der Waals surface area contributed by atoms with E-state index in [0.29, 0.717) is 18.2 Å². The van der Waals surface area contributed by atoms with Gasteiger partial charge in [-0.25, -0.2) is 0 Å². The highest BCUT2D eigenvalue weighted by atomic mass is 16.5. The zero-order chi connectivity index (χ0) is 12.3. The first-order chi connectivity index (χ1) is 8.13. The summed E-state index contributed by atoms with van der Waals surface area (Å²) in [6.07, 6.45) is 6.49. The van der Waals surface area contributed by atoms with Gasteiger partial charge in [-0.15, -0.1) is 0 Å². The van der Waals surface area contributed by atoms with Crippen molar-refractivity contribution in [2.24, 2.45) is 0 Å². The Bertz CT molecular complexity index is 342. The molecule has 0 amide bonds. The molecule has 1 aliphatic rings. The van der Waals surface area contributed by atoms with Gasteiger partial charge in [0.15, 0.2) is 0 Å². The van der Waals surface area contributed by atoms with Crippen molar-refractivity contribution >= 4 is 0 Å². The normalized spacial score (nSPS) is 29.2. The first-order valence-electron chi connectivity index (χ1n) is 6.30. The monoisotopic (exact) mass is 235 g/mol. The minimum absolute atomic E-state index is 0.348. The van der Waals surface area contributed by atoms with Gasteiger partial charge in [-0.2, -0.15) is 0 Å². The molecule has 4 nitrogen and oxygen atoms in total. The van der Waals surface area contributed by atoms with Gasteiger partial charge in [-0.3, -0.25) is 9.97 Å². The summed E-state index contributed by atoms with van der Waals surface area (Å²) in [5, 5.41) is 3.54. The van der Waals surface area contributed by atoms with Gasteiger partial charge < -0.3 is 10.1 Å². The van der Waals surface area contributed by atoms with Crippen molar-refractivity contribution in [1.82, 2.24) is 15.3 Å². The van der Waals surface area contributed by atoms with Gasteiger partial charge in [-0.1, -0.05) is 0 Å². The van der Waals surface area contributed by atoms with Crippen LogP contribution in [0, 0.1) is 6.92 Å². The molecular weight excluding hydrogens is 214 g/mol. The van der Waals surface area contributed by atoms with Crippen LogP contribution in [0.4, 0.5) is 0 Å². The third-order valence-corrected chi connectivity index (χ3v) is 3.10. The number of aryl methyl sites for hydroxylation is 1. The molecule has 17 heavy (non-hydrogen) atoms. The maximum atomic E-state index is 5.72. The Kier molecular flexibility index (Phi) is 4.07. The molecule has 2 heterocycles. The Hall–Kier alpha value is -1.00. The summed E-state index contributed by atoms with van der Waals surface area (Å²) >= 11 is 0. The second-order valence-corrected chi connectivity index (χ2v) is 4.96. The first kappa shape index (κ1) is 12.5. The van der Waals surface area contributed by atoms with Gasteiger partial charge in [0.05, 0.1) is 23.6 Å². The number of aromatic nitrogens is 2. The summed E-state index contributed by atoms with van der Waals surface area (Å²) in [4.78, 5) is 8.59. The highest BCUT2D eigenvalue weighted by molar-refractivity contribution is 5.00. The van der Waals surface area contributed by atoms with Crippen LogP contribution in [0.3, 0.4) is 0 Å². The van der Waals surface area contributed by atoms with Crippen molar-refractivity contribution in [3.8, 4) is 0 Å². The van der Waals surface area contributed by atoms with Crippen molar-refractivity contribution in [2.45, 2.75) is 58.4 Å². The second kappa shape index (κ2) is 5.56. The van der Waals surface area contributed by atoms with Crippen LogP contribution in [0.15, 0.2) is 12.4 Å². The van der Waals surface area contributed by atoms with E-state index in [0.717, 1.165) is 30.8 Å². The van der Waals surface area contributed by atoms with E-state index < -0.39 is 0 Å². The fraction of sp³-hybridized carbons (Fsp3) is 0.692. The predicted molar refractivity (Wildman–Crippen MR) is 66.6 cm³/mol. The zero-order valence-electron chi connectivity index (χ0n) is 10.8. The molecule has 1 fully saturated rings. The fourth-order valence-corrected chi connectivity index (χ4v) is 2.33. The first-order valence-corrected chi connectivity index (χ1v) is 6.30. The minimum atomic E-state index is 0.348. The lowest BCUT2D eigenvalue weighted by Gasteiger charge is -2.32. The topological polar surface area (TPSA) is 47.0 Å². The van der Waals surface area contributed by atoms with E-state index in [9.17, 15) is 0 Å². The lowest BCUT2D eigenvalue weighted by Crippen LogP contribution is -2.41. The minimum Gasteiger partial charge on any atom is -0.375 e. The number of ether oxygens (including phenoxy) is 1. The molecule has 2 atom stereocenters. The maximum absolute atomic E-state index is 5.72. The number of nitrogens with zero attached hydrogens (tertiary/aromatic N) is 2. The molecular formula is C13H21N3O. The van der Waals surface area contributed by atoms with Crippen molar-refractivity contribution < 1.29 is 4.74 Å². The Balaban J connectivity index is 1.83. The summed E-state index contributed by atoms with van der Waals surface area (Å²) < 4.78 is 5.72. The van der Waals surface area contributed by atoms with Gasteiger partial charge in [0.25, 0.3) is 0 Å². The molecule has 1 aromatic rings. The standard InChI is InChI=1S/C13H21N3O/c1-9-6-15-13(7-14-9)8-16-12-4-10(2)17-11(3)5-12/h6-7,10-12,16H,4-5,8H2,1-3H3. The summed E-state index contributed by atoms with van der Waals surface area (Å²) in [6.45, 7) is 7.01. The van der Waals surface area contributed by atoms with Gasteiger partial charge >= 0.3 is 0 Å². The lowest BCUT2D eigenvalue weighted by molar-refractivity contribution is -0.0423. The molecule has 2 rings (SSSR count). The molecule has 4 heteroatoms. The summed E-state index contributed by atoms with van der Waals surface area (Å²) in [6, 6.07) is 0.525. The molecule has 1 saturated heterocycles. The molecule has 0 aromatic carbocycles. The van der Waals surface area contributed by atoms with Gasteiger partial charge in [0, 0.05) is 25.0 Å². The Morgan fingerprint density at radius 2 is 1.94 bits per heavy atom. The number of rotatable bonds is 3. The van der Waals surface area contributed by atoms with E-state index in [1.807, 2.05) is 19.3 Å². The molecule has 0 spiro atoms. The molecule has 1 N–H and O–H groups in total.